The summed E-state index contributed by atoms with van der Waals surface area (Å²) in [6, 6.07) is 9.14. The molecule has 0 amide bonds. The zero-order chi connectivity index (χ0) is 14.6. The predicted molar refractivity (Wildman–Crippen MR) is 90.1 cm³/mol. The number of hydrogen-bond donors (Lipinski definition) is 1. The van der Waals surface area contributed by atoms with Crippen LogP contribution in [-0.4, -0.2) is 30.1 Å². The van der Waals surface area contributed by atoms with Crippen molar-refractivity contribution >= 4 is 15.9 Å². The molecule has 1 N–H and O–H groups in total. The zero-order valence-corrected chi connectivity index (χ0v) is 14.5. The van der Waals surface area contributed by atoms with Crippen LogP contribution in [0.15, 0.2) is 28.7 Å². The monoisotopic (exact) mass is 338 g/mol. The van der Waals surface area contributed by atoms with Gasteiger partial charge in [0.1, 0.15) is 0 Å². The van der Waals surface area contributed by atoms with Gasteiger partial charge in [-0.1, -0.05) is 35.0 Å². The minimum absolute atomic E-state index is 0.383. The van der Waals surface area contributed by atoms with Crippen LogP contribution in [0, 0.1) is 0 Å². The average Bonchev–Trinajstić information content (AvgIpc) is 2.73. The number of rotatable bonds is 6. The minimum atomic E-state index is 0.383. The Morgan fingerprint density at radius 1 is 1.40 bits per heavy atom. The lowest BCUT2D eigenvalue weighted by Crippen LogP contribution is -2.40. The molecule has 0 radical (unpaired) electrons. The third-order valence-electron chi connectivity index (χ3n) is 4.46. The lowest BCUT2D eigenvalue weighted by atomic mass is 10.00. The Labute approximate surface area is 132 Å². The highest BCUT2D eigenvalue weighted by Gasteiger charge is 2.31. The first kappa shape index (κ1) is 16.0. The second kappa shape index (κ2) is 7.06. The van der Waals surface area contributed by atoms with Crippen LogP contribution < -0.4 is 5.32 Å². The van der Waals surface area contributed by atoms with E-state index < -0.39 is 0 Å². The molecule has 0 saturated carbocycles. The molecule has 1 aromatic carbocycles. The molecule has 112 valence electrons. The third-order valence-corrected chi connectivity index (χ3v) is 4.96. The van der Waals surface area contributed by atoms with Gasteiger partial charge < -0.3 is 5.32 Å². The van der Waals surface area contributed by atoms with Gasteiger partial charge in [-0.15, -0.1) is 0 Å². The topological polar surface area (TPSA) is 15.3 Å². The fourth-order valence-corrected chi connectivity index (χ4v) is 3.64. The van der Waals surface area contributed by atoms with E-state index in [0.29, 0.717) is 11.6 Å². The molecule has 2 nitrogen and oxygen atoms in total. The molecule has 0 bridgehead atoms. The molecule has 1 aliphatic heterocycles. The Hall–Kier alpha value is -0.380. The van der Waals surface area contributed by atoms with Crippen LogP contribution in [0.25, 0.3) is 0 Å². The van der Waals surface area contributed by atoms with Crippen molar-refractivity contribution in [2.45, 2.75) is 51.6 Å². The van der Waals surface area contributed by atoms with Crippen LogP contribution in [0.4, 0.5) is 0 Å². The number of nitrogens with zero attached hydrogens (tertiary/aromatic N) is 1. The van der Waals surface area contributed by atoms with Crippen LogP contribution in [0.2, 0.25) is 0 Å². The smallest absolute Gasteiger partial charge is 0.0332 e. The van der Waals surface area contributed by atoms with Gasteiger partial charge in [0.2, 0.25) is 0 Å². The highest BCUT2D eigenvalue weighted by Crippen LogP contribution is 2.29. The number of hydrogen-bond acceptors (Lipinski definition) is 2. The van der Waals surface area contributed by atoms with E-state index in [1.54, 1.807) is 0 Å². The van der Waals surface area contributed by atoms with Crippen molar-refractivity contribution in [3.05, 3.63) is 34.3 Å². The molecule has 1 unspecified atom stereocenters. The van der Waals surface area contributed by atoms with E-state index in [4.69, 9.17) is 0 Å². The van der Waals surface area contributed by atoms with Gasteiger partial charge in [0, 0.05) is 22.6 Å². The maximum atomic E-state index is 3.63. The van der Waals surface area contributed by atoms with Gasteiger partial charge in [-0.3, -0.25) is 4.90 Å². The Bertz CT molecular complexity index is 431. The van der Waals surface area contributed by atoms with Crippen molar-refractivity contribution in [3.8, 4) is 0 Å². The number of halogens is 1. The predicted octanol–water partition coefficient (Wildman–Crippen LogP) is 4.36. The summed E-state index contributed by atoms with van der Waals surface area (Å²) in [5.74, 6) is 0. The second-order valence-electron chi connectivity index (χ2n) is 6.36. The van der Waals surface area contributed by atoms with E-state index in [9.17, 15) is 0 Å². The van der Waals surface area contributed by atoms with E-state index in [2.05, 4.69) is 71.2 Å². The first-order chi connectivity index (χ1) is 9.53. The highest BCUT2D eigenvalue weighted by atomic mass is 79.9. The van der Waals surface area contributed by atoms with E-state index in [1.807, 2.05) is 0 Å². The maximum Gasteiger partial charge on any atom is 0.0332 e. The lowest BCUT2D eigenvalue weighted by Gasteiger charge is -2.33. The standard InChI is InChI=1S/C17H27BrN2/c1-4-19-16(14-7-5-8-15(18)13-14)9-12-20-11-6-10-17(20,2)3/h5,7-8,13,16,19H,4,6,9-12H2,1-3H3. The summed E-state index contributed by atoms with van der Waals surface area (Å²) >= 11 is 3.58. The second-order valence-corrected chi connectivity index (χ2v) is 7.27. The lowest BCUT2D eigenvalue weighted by molar-refractivity contribution is 0.166. The van der Waals surface area contributed by atoms with E-state index in [0.717, 1.165) is 6.54 Å². The largest absolute Gasteiger partial charge is 0.310 e. The Balaban J connectivity index is 1.99. The molecule has 0 spiro atoms. The van der Waals surface area contributed by atoms with Crippen molar-refractivity contribution < 1.29 is 0 Å². The molecule has 1 saturated heterocycles. The molecular formula is C17H27BrN2. The Morgan fingerprint density at radius 2 is 2.20 bits per heavy atom. The molecule has 0 aromatic heterocycles. The van der Waals surface area contributed by atoms with Crippen molar-refractivity contribution in [1.29, 1.82) is 0 Å². The fourth-order valence-electron chi connectivity index (χ4n) is 3.22. The van der Waals surface area contributed by atoms with Crippen molar-refractivity contribution in [3.63, 3.8) is 0 Å². The van der Waals surface area contributed by atoms with Crippen molar-refractivity contribution in [2.75, 3.05) is 19.6 Å². The molecule has 1 fully saturated rings. The Morgan fingerprint density at radius 3 is 2.80 bits per heavy atom. The zero-order valence-electron chi connectivity index (χ0n) is 13.0. The summed E-state index contributed by atoms with van der Waals surface area (Å²) in [6.45, 7) is 10.4. The Kier molecular flexibility index (Phi) is 5.65. The van der Waals surface area contributed by atoms with E-state index >= 15 is 0 Å². The molecule has 20 heavy (non-hydrogen) atoms. The van der Waals surface area contributed by atoms with Crippen LogP contribution in [-0.2, 0) is 0 Å². The average molecular weight is 339 g/mol. The van der Waals surface area contributed by atoms with Gasteiger partial charge in [0.15, 0.2) is 0 Å². The van der Waals surface area contributed by atoms with Gasteiger partial charge >= 0.3 is 0 Å². The number of likely N-dealkylation sites (tertiary alicyclic amines) is 1. The first-order valence-electron chi connectivity index (χ1n) is 7.77. The summed E-state index contributed by atoms with van der Waals surface area (Å²) in [5.41, 5.74) is 1.77. The third kappa shape index (κ3) is 4.06. The minimum Gasteiger partial charge on any atom is -0.310 e. The summed E-state index contributed by atoms with van der Waals surface area (Å²) in [6.07, 6.45) is 3.85. The quantitative estimate of drug-likeness (QED) is 0.828. The fraction of sp³-hybridized carbons (Fsp3) is 0.647. The summed E-state index contributed by atoms with van der Waals surface area (Å²) in [5, 5.41) is 3.63. The van der Waals surface area contributed by atoms with Gasteiger partial charge in [-0.2, -0.15) is 0 Å². The first-order valence-corrected chi connectivity index (χ1v) is 8.56. The number of nitrogens with one attached hydrogen (secondary N) is 1. The van der Waals surface area contributed by atoms with Crippen LogP contribution >= 0.6 is 15.9 Å². The molecule has 1 aliphatic rings. The molecule has 3 heteroatoms. The van der Waals surface area contributed by atoms with Crippen LogP contribution in [0.1, 0.15) is 51.6 Å². The van der Waals surface area contributed by atoms with Gasteiger partial charge in [-0.25, -0.2) is 0 Å². The summed E-state index contributed by atoms with van der Waals surface area (Å²) < 4.78 is 1.17. The molecule has 1 atom stereocenters. The molecule has 1 heterocycles. The van der Waals surface area contributed by atoms with E-state index in [1.165, 1.54) is 42.4 Å². The summed E-state index contributed by atoms with van der Waals surface area (Å²) in [7, 11) is 0. The van der Waals surface area contributed by atoms with E-state index in [-0.39, 0.29) is 0 Å². The van der Waals surface area contributed by atoms with Crippen molar-refractivity contribution in [2.24, 2.45) is 0 Å². The van der Waals surface area contributed by atoms with Gasteiger partial charge in [0.05, 0.1) is 0 Å². The number of benzene rings is 1. The highest BCUT2D eigenvalue weighted by molar-refractivity contribution is 9.10. The normalized spacial score (nSPS) is 20.2. The van der Waals surface area contributed by atoms with Crippen LogP contribution in [0.5, 0.6) is 0 Å². The summed E-state index contributed by atoms with van der Waals surface area (Å²) in [4.78, 5) is 2.65. The maximum absolute atomic E-state index is 3.63. The molecule has 2 rings (SSSR count). The van der Waals surface area contributed by atoms with Gasteiger partial charge in [-0.05, 0) is 63.9 Å². The van der Waals surface area contributed by atoms with Crippen LogP contribution in [0.3, 0.4) is 0 Å². The molecular weight excluding hydrogens is 312 g/mol. The SMILES string of the molecule is CCNC(CCN1CCCC1(C)C)c1cccc(Br)c1. The van der Waals surface area contributed by atoms with Crippen molar-refractivity contribution in [1.82, 2.24) is 10.2 Å². The van der Waals surface area contributed by atoms with Gasteiger partial charge in [0.25, 0.3) is 0 Å². The molecule has 1 aromatic rings. The molecule has 0 aliphatic carbocycles.